The van der Waals surface area contributed by atoms with Crippen LogP contribution in [0.25, 0.3) is 0 Å². The molecular formula is C14H20N2O. The van der Waals surface area contributed by atoms with Gasteiger partial charge in [-0.15, -0.1) is 0 Å². The van der Waals surface area contributed by atoms with Crippen molar-refractivity contribution in [2.45, 2.75) is 39.8 Å². The van der Waals surface area contributed by atoms with E-state index in [9.17, 15) is 4.79 Å². The minimum absolute atomic E-state index is 0.0352. The molecule has 0 saturated carbocycles. The van der Waals surface area contributed by atoms with Gasteiger partial charge in [-0.25, -0.2) is 0 Å². The standard InChI is InChI=1S/C14H20N2O/c1-5-14(4)15-12-9-11(10(3)17)7-8-13(12)16(14)6-2/h7-9,15H,5-6H2,1-4H3/t14-/m1/s1. The summed E-state index contributed by atoms with van der Waals surface area (Å²) in [7, 11) is 0. The molecule has 0 amide bonds. The first-order chi connectivity index (χ1) is 8.01. The fourth-order valence-electron chi connectivity index (χ4n) is 2.51. The Kier molecular flexibility index (Phi) is 2.86. The minimum atomic E-state index is -0.0352. The lowest BCUT2D eigenvalue weighted by Crippen LogP contribution is -2.47. The molecule has 0 unspecified atom stereocenters. The van der Waals surface area contributed by atoms with Crippen molar-refractivity contribution in [2.75, 3.05) is 16.8 Å². The summed E-state index contributed by atoms with van der Waals surface area (Å²) < 4.78 is 0. The van der Waals surface area contributed by atoms with Crippen molar-refractivity contribution < 1.29 is 4.79 Å². The number of hydrogen-bond acceptors (Lipinski definition) is 3. The van der Waals surface area contributed by atoms with Crippen molar-refractivity contribution in [3.63, 3.8) is 0 Å². The van der Waals surface area contributed by atoms with Crippen molar-refractivity contribution in [1.29, 1.82) is 0 Å². The normalized spacial score (nSPS) is 22.2. The average Bonchev–Trinajstić information content (AvgIpc) is 2.60. The first kappa shape index (κ1) is 12.0. The lowest BCUT2D eigenvalue weighted by molar-refractivity contribution is 0.101. The number of ketones is 1. The second kappa shape index (κ2) is 4.06. The van der Waals surface area contributed by atoms with Gasteiger partial charge in [-0.05, 0) is 45.4 Å². The van der Waals surface area contributed by atoms with Crippen LogP contribution >= 0.6 is 0 Å². The Morgan fingerprint density at radius 3 is 2.65 bits per heavy atom. The zero-order chi connectivity index (χ0) is 12.6. The van der Waals surface area contributed by atoms with Crippen molar-refractivity contribution in [3.05, 3.63) is 23.8 Å². The van der Waals surface area contributed by atoms with Crippen LogP contribution in [0.15, 0.2) is 18.2 Å². The van der Waals surface area contributed by atoms with Gasteiger partial charge in [-0.3, -0.25) is 4.79 Å². The molecule has 1 aliphatic heterocycles. The Bertz CT molecular complexity index is 456. The summed E-state index contributed by atoms with van der Waals surface area (Å²) >= 11 is 0. The summed E-state index contributed by atoms with van der Waals surface area (Å²) in [5.74, 6) is 0.114. The van der Waals surface area contributed by atoms with Gasteiger partial charge in [0.2, 0.25) is 0 Å². The van der Waals surface area contributed by atoms with E-state index in [4.69, 9.17) is 0 Å². The summed E-state index contributed by atoms with van der Waals surface area (Å²) in [5, 5.41) is 3.53. The molecule has 0 saturated heterocycles. The number of fused-ring (bicyclic) bond motifs is 1. The summed E-state index contributed by atoms with van der Waals surface area (Å²) in [6.45, 7) is 9.10. The zero-order valence-electron chi connectivity index (χ0n) is 11.0. The van der Waals surface area contributed by atoms with Crippen LogP contribution in [-0.2, 0) is 0 Å². The minimum Gasteiger partial charge on any atom is -0.361 e. The Labute approximate surface area is 103 Å². The topological polar surface area (TPSA) is 32.3 Å². The average molecular weight is 232 g/mol. The molecule has 1 aromatic rings. The van der Waals surface area contributed by atoms with Crippen LogP contribution < -0.4 is 10.2 Å². The Morgan fingerprint density at radius 2 is 2.12 bits per heavy atom. The van der Waals surface area contributed by atoms with Crippen LogP contribution in [0.3, 0.4) is 0 Å². The molecule has 3 heteroatoms. The number of carbonyl (C=O) groups excluding carboxylic acids is 1. The Hall–Kier alpha value is -1.51. The van der Waals surface area contributed by atoms with Crippen LogP contribution in [0.4, 0.5) is 11.4 Å². The third-order valence-corrected chi connectivity index (χ3v) is 3.70. The van der Waals surface area contributed by atoms with Crippen molar-refractivity contribution in [1.82, 2.24) is 0 Å². The summed E-state index contributed by atoms with van der Waals surface area (Å²) in [4.78, 5) is 13.7. The lowest BCUT2D eigenvalue weighted by Gasteiger charge is -2.35. The van der Waals surface area contributed by atoms with E-state index < -0.39 is 0 Å². The third kappa shape index (κ3) is 1.79. The van der Waals surface area contributed by atoms with Crippen LogP contribution in [-0.4, -0.2) is 18.0 Å². The highest BCUT2D eigenvalue weighted by Gasteiger charge is 2.36. The SMILES string of the molecule is CCN1c2ccc(C(C)=O)cc2N[C@@]1(C)CC. The van der Waals surface area contributed by atoms with Crippen LogP contribution in [0.5, 0.6) is 0 Å². The second-order valence-corrected chi connectivity index (χ2v) is 4.78. The fraction of sp³-hybridized carbons (Fsp3) is 0.500. The maximum atomic E-state index is 11.4. The highest BCUT2D eigenvalue weighted by Crippen LogP contribution is 2.41. The number of nitrogens with one attached hydrogen (secondary N) is 1. The van der Waals surface area contributed by atoms with Gasteiger partial charge in [0.1, 0.15) is 5.66 Å². The highest BCUT2D eigenvalue weighted by atomic mass is 16.1. The molecule has 0 spiro atoms. The van der Waals surface area contributed by atoms with E-state index in [-0.39, 0.29) is 11.4 Å². The van der Waals surface area contributed by atoms with E-state index in [0.29, 0.717) is 0 Å². The highest BCUT2D eigenvalue weighted by molar-refractivity contribution is 5.97. The fourth-order valence-corrected chi connectivity index (χ4v) is 2.51. The van der Waals surface area contributed by atoms with Gasteiger partial charge >= 0.3 is 0 Å². The first-order valence-corrected chi connectivity index (χ1v) is 6.22. The van der Waals surface area contributed by atoms with Gasteiger partial charge in [0, 0.05) is 12.1 Å². The van der Waals surface area contributed by atoms with Crippen molar-refractivity contribution in [2.24, 2.45) is 0 Å². The number of hydrogen-bond donors (Lipinski definition) is 1. The smallest absolute Gasteiger partial charge is 0.159 e. The van der Waals surface area contributed by atoms with Gasteiger partial charge in [0.15, 0.2) is 5.78 Å². The first-order valence-electron chi connectivity index (χ1n) is 6.22. The molecule has 0 aliphatic carbocycles. The van der Waals surface area contributed by atoms with Gasteiger partial charge in [0.25, 0.3) is 0 Å². The number of rotatable bonds is 3. The number of carbonyl (C=O) groups is 1. The van der Waals surface area contributed by atoms with Gasteiger partial charge in [-0.2, -0.15) is 0 Å². The molecule has 1 heterocycles. The quantitative estimate of drug-likeness (QED) is 0.812. The molecule has 3 nitrogen and oxygen atoms in total. The van der Waals surface area contributed by atoms with E-state index in [2.05, 4.69) is 31.0 Å². The van der Waals surface area contributed by atoms with Gasteiger partial charge in [0.05, 0.1) is 11.4 Å². The third-order valence-electron chi connectivity index (χ3n) is 3.70. The van der Waals surface area contributed by atoms with E-state index >= 15 is 0 Å². The number of Topliss-reactive ketones (excluding diaryl/α,β-unsaturated/α-hetero) is 1. The molecule has 1 aromatic carbocycles. The number of benzene rings is 1. The van der Waals surface area contributed by atoms with E-state index in [0.717, 1.165) is 24.2 Å². The molecule has 17 heavy (non-hydrogen) atoms. The van der Waals surface area contributed by atoms with E-state index in [1.54, 1.807) is 6.92 Å². The molecule has 92 valence electrons. The maximum absolute atomic E-state index is 11.4. The Morgan fingerprint density at radius 1 is 1.41 bits per heavy atom. The van der Waals surface area contributed by atoms with Gasteiger partial charge < -0.3 is 10.2 Å². The molecule has 0 aromatic heterocycles. The van der Waals surface area contributed by atoms with Crippen LogP contribution in [0, 0.1) is 0 Å². The van der Waals surface area contributed by atoms with Gasteiger partial charge in [-0.1, -0.05) is 6.92 Å². The van der Waals surface area contributed by atoms with E-state index in [1.165, 1.54) is 5.69 Å². The summed E-state index contributed by atoms with van der Waals surface area (Å²) in [5.41, 5.74) is 3.00. The van der Waals surface area contributed by atoms with Crippen molar-refractivity contribution >= 4 is 17.2 Å². The zero-order valence-corrected chi connectivity index (χ0v) is 11.0. The lowest BCUT2D eigenvalue weighted by atomic mass is 10.1. The Balaban J connectivity index is 2.46. The monoisotopic (exact) mass is 232 g/mol. The molecule has 1 N–H and O–H groups in total. The maximum Gasteiger partial charge on any atom is 0.159 e. The predicted octanol–water partition coefficient (Wildman–Crippen LogP) is 3.27. The second-order valence-electron chi connectivity index (χ2n) is 4.78. The molecule has 1 aliphatic rings. The molecular weight excluding hydrogens is 212 g/mol. The van der Waals surface area contributed by atoms with Crippen LogP contribution in [0.2, 0.25) is 0 Å². The summed E-state index contributed by atoms with van der Waals surface area (Å²) in [6, 6.07) is 5.91. The number of anilines is 2. The van der Waals surface area contributed by atoms with Crippen molar-refractivity contribution in [3.8, 4) is 0 Å². The molecule has 1 atom stereocenters. The molecule has 0 fully saturated rings. The number of nitrogens with zero attached hydrogens (tertiary/aromatic N) is 1. The predicted molar refractivity (Wildman–Crippen MR) is 71.8 cm³/mol. The summed E-state index contributed by atoms with van der Waals surface area (Å²) in [6.07, 6.45) is 1.02. The largest absolute Gasteiger partial charge is 0.361 e. The van der Waals surface area contributed by atoms with E-state index in [1.807, 2.05) is 18.2 Å². The van der Waals surface area contributed by atoms with Crippen LogP contribution in [0.1, 0.15) is 44.5 Å². The molecule has 0 radical (unpaired) electrons. The molecule has 2 rings (SSSR count). The molecule has 0 bridgehead atoms.